The van der Waals surface area contributed by atoms with Crippen molar-refractivity contribution in [3.05, 3.63) is 92.8 Å². The Labute approximate surface area is 164 Å². The van der Waals surface area contributed by atoms with Gasteiger partial charge in [-0.1, -0.05) is 28.9 Å². The van der Waals surface area contributed by atoms with E-state index in [1.54, 1.807) is 37.3 Å². The summed E-state index contributed by atoms with van der Waals surface area (Å²) in [4.78, 5) is 28.0. The molecule has 6 nitrogen and oxygen atoms in total. The molecule has 2 aromatic carbocycles. The van der Waals surface area contributed by atoms with Crippen LogP contribution < -0.4 is 10.3 Å². The number of fused-ring (bicyclic) bond motifs is 2. The highest BCUT2D eigenvalue weighted by molar-refractivity contribution is 6.10. The summed E-state index contributed by atoms with van der Waals surface area (Å²) in [5, 5.41) is 4.31. The van der Waals surface area contributed by atoms with Gasteiger partial charge in [-0.25, -0.2) is 4.39 Å². The lowest BCUT2D eigenvalue weighted by Crippen LogP contribution is -2.29. The summed E-state index contributed by atoms with van der Waals surface area (Å²) in [6.07, 6.45) is 0. The molecular weight excluding hydrogens is 375 g/mol. The summed E-state index contributed by atoms with van der Waals surface area (Å²) in [6.45, 7) is 3.56. The second kappa shape index (κ2) is 6.13. The summed E-state index contributed by atoms with van der Waals surface area (Å²) in [5.41, 5.74) is 1.50. The lowest BCUT2D eigenvalue weighted by molar-refractivity contribution is 0.0969. The molecule has 0 unspecified atom stereocenters. The first kappa shape index (κ1) is 17.4. The van der Waals surface area contributed by atoms with Gasteiger partial charge in [0.05, 0.1) is 17.0 Å². The molecule has 3 heterocycles. The molecule has 0 saturated carbocycles. The van der Waals surface area contributed by atoms with Crippen molar-refractivity contribution in [2.75, 3.05) is 4.90 Å². The van der Waals surface area contributed by atoms with Gasteiger partial charge >= 0.3 is 0 Å². The fourth-order valence-corrected chi connectivity index (χ4v) is 3.78. The van der Waals surface area contributed by atoms with Crippen LogP contribution >= 0.6 is 0 Å². The van der Waals surface area contributed by atoms with Gasteiger partial charge in [0.1, 0.15) is 17.2 Å². The maximum Gasteiger partial charge on any atom is 0.296 e. The first-order valence-corrected chi connectivity index (χ1v) is 9.04. The monoisotopic (exact) mass is 390 g/mol. The van der Waals surface area contributed by atoms with Gasteiger partial charge in [0.2, 0.25) is 5.76 Å². The Balaban J connectivity index is 1.84. The molecule has 1 atom stereocenters. The number of aryl methyl sites for hydroxylation is 2. The van der Waals surface area contributed by atoms with E-state index in [4.69, 9.17) is 8.94 Å². The Kier molecular flexibility index (Phi) is 3.67. The van der Waals surface area contributed by atoms with Crippen molar-refractivity contribution < 1.29 is 18.1 Å². The van der Waals surface area contributed by atoms with E-state index in [2.05, 4.69) is 5.16 Å². The highest BCUT2D eigenvalue weighted by atomic mass is 19.1. The van der Waals surface area contributed by atoms with Gasteiger partial charge in [-0.15, -0.1) is 0 Å². The zero-order valence-electron chi connectivity index (χ0n) is 15.6. The lowest BCUT2D eigenvalue weighted by atomic mass is 9.98. The van der Waals surface area contributed by atoms with Crippen LogP contribution in [0.15, 0.2) is 62.3 Å². The van der Waals surface area contributed by atoms with E-state index in [1.165, 1.54) is 23.1 Å². The second-order valence-electron chi connectivity index (χ2n) is 7.10. The number of rotatable bonds is 2. The Morgan fingerprint density at radius 3 is 2.62 bits per heavy atom. The third-order valence-electron chi connectivity index (χ3n) is 5.05. The fourth-order valence-electron chi connectivity index (χ4n) is 3.78. The SMILES string of the molecule is Cc1ccc2oc3c(c(=O)c2c1)[C@@H](c1cccc(F)c1)N(c1cc(C)on1)C3=O. The average Bonchev–Trinajstić information content (AvgIpc) is 3.24. The zero-order chi connectivity index (χ0) is 20.3. The van der Waals surface area contributed by atoms with Crippen LogP contribution in [0.1, 0.15) is 39.0 Å². The molecule has 144 valence electrons. The summed E-state index contributed by atoms with van der Waals surface area (Å²) in [5.74, 6) is -0.335. The molecule has 0 saturated heterocycles. The smallest absolute Gasteiger partial charge is 0.296 e. The molecule has 0 radical (unpaired) electrons. The standard InChI is InChI=1S/C22H15FN2O4/c1-11-6-7-16-15(8-11)20(26)18-19(13-4-3-5-14(23)10-13)25(22(27)21(18)28-16)17-9-12(2)29-24-17/h3-10,19H,1-2H3/t19-/m1/s1. The second-order valence-corrected chi connectivity index (χ2v) is 7.10. The van der Waals surface area contributed by atoms with E-state index in [0.29, 0.717) is 22.3 Å². The van der Waals surface area contributed by atoms with Crippen LogP contribution in [-0.2, 0) is 0 Å². The van der Waals surface area contributed by atoms with Crippen molar-refractivity contribution >= 4 is 22.7 Å². The number of carbonyl (C=O) groups excluding carboxylic acids is 1. The first-order valence-electron chi connectivity index (χ1n) is 9.04. The summed E-state index contributed by atoms with van der Waals surface area (Å²) in [7, 11) is 0. The topological polar surface area (TPSA) is 76.6 Å². The Bertz CT molecular complexity index is 1350. The summed E-state index contributed by atoms with van der Waals surface area (Å²) in [6, 6.07) is 11.7. The molecule has 0 spiro atoms. The number of hydrogen-bond acceptors (Lipinski definition) is 5. The van der Waals surface area contributed by atoms with Crippen molar-refractivity contribution in [2.45, 2.75) is 19.9 Å². The van der Waals surface area contributed by atoms with E-state index >= 15 is 0 Å². The molecule has 0 N–H and O–H groups in total. The Morgan fingerprint density at radius 2 is 1.90 bits per heavy atom. The number of nitrogens with zero attached hydrogens (tertiary/aromatic N) is 2. The molecule has 0 fully saturated rings. The van der Waals surface area contributed by atoms with Crippen LogP contribution in [0.25, 0.3) is 11.0 Å². The van der Waals surface area contributed by atoms with Crippen molar-refractivity contribution in [3.8, 4) is 0 Å². The molecule has 29 heavy (non-hydrogen) atoms. The minimum absolute atomic E-state index is 0.0683. The molecule has 1 amide bonds. The van der Waals surface area contributed by atoms with E-state index < -0.39 is 17.8 Å². The number of carbonyl (C=O) groups is 1. The molecule has 2 aromatic heterocycles. The number of aromatic nitrogens is 1. The maximum atomic E-state index is 14.0. The predicted octanol–water partition coefficient (Wildman–Crippen LogP) is 4.29. The van der Waals surface area contributed by atoms with E-state index in [0.717, 1.165) is 5.56 Å². The van der Waals surface area contributed by atoms with Crippen molar-refractivity contribution in [3.63, 3.8) is 0 Å². The molecule has 0 bridgehead atoms. The van der Waals surface area contributed by atoms with Crippen LogP contribution in [0.2, 0.25) is 0 Å². The van der Waals surface area contributed by atoms with Gasteiger partial charge in [0, 0.05) is 6.07 Å². The largest absolute Gasteiger partial charge is 0.450 e. The zero-order valence-corrected chi connectivity index (χ0v) is 15.6. The van der Waals surface area contributed by atoms with Gasteiger partial charge in [-0.2, -0.15) is 0 Å². The summed E-state index contributed by atoms with van der Waals surface area (Å²) < 4.78 is 25.0. The van der Waals surface area contributed by atoms with Crippen LogP contribution in [0.4, 0.5) is 10.2 Å². The Morgan fingerprint density at radius 1 is 1.07 bits per heavy atom. The highest BCUT2D eigenvalue weighted by Gasteiger charge is 2.45. The minimum Gasteiger partial charge on any atom is -0.450 e. The van der Waals surface area contributed by atoms with E-state index in [-0.39, 0.29) is 22.6 Å². The number of anilines is 1. The number of amides is 1. The third-order valence-corrected chi connectivity index (χ3v) is 5.05. The number of benzene rings is 2. The number of halogens is 1. The van der Waals surface area contributed by atoms with Crippen LogP contribution in [0.5, 0.6) is 0 Å². The maximum absolute atomic E-state index is 14.0. The first-order chi connectivity index (χ1) is 13.9. The molecule has 7 heteroatoms. The third kappa shape index (κ3) is 2.58. The van der Waals surface area contributed by atoms with Gasteiger partial charge < -0.3 is 8.94 Å². The highest BCUT2D eigenvalue weighted by Crippen LogP contribution is 2.41. The molecule has 4 aromatic rings. The van der Waals surface area contributed by atoms with Crippen LogP contribution in [0.3, 0.4) is 0 Å². The molecule has 1 aliphatic rings. The van der Waals surface area contributed by atoms with E-state index in [1.807, 2.05) is 6.92 Å². The van der Waals surface area contributed by atoms with Gasteiger partial charge in [0.25, 0.3) is 5.91 Å². The van der Waals surface area contributed by atoms with E-state index in [9.17, 15) is 14.0 Å². The van der Waals surface area contributed by atoms with Crippen molar-refractivity contribution in [2.24, 2.45) is 0 Å². The minimum atomic E-state index is -0.876. The van der Waals surface area contributed by atoms with Gasteiger partial charge in [-0.05, 0) is 43.7 Å². The summed E-state index contributed by atoms with van der Waals surface area (Å²) >= 11 is 0. The molecular formula is C22H15FN2O4. The fraction of sp³-hybridized carbons (Fsp3) is 0.136. The van der Waals surface area contributed by atoms with Crippen LogP contribution in [0, 0.1) is 19.7 Å². The molecule has 5 rings (SSSR count). The van der Waals surface area contributed by atoms with Crippen molar-refractivity contribution in [1.29, 1.82) is 0 Å². The van der Waals surface area contributed by atoms with Crippen molar-refractivity contribution in [1.82, 2.24) is 5.16 Å². The van der Waals surface area contributed by atoms with Crippen LogP contribution in [-0.4, -0.2) is 11.1 Å². The quantitative estimate of drug-likeness (QED) is 0.510. The molecule has 1 aliphatic heterocycles. The Hall–Kier alpha value is -3.74. The molecule has 0 aliphatic carbocycles. The predicted molar refractivity (Wildman–Crippen MR) is 104 cm³/mol. The number of hydrogen-bond donors (Lipinski definition) is 0. The van der Waals surface area contributed by atoms with Gasteiger partial charge in [-0.3, -0.25) is 14.5 Å². The average molecular weight is 390 g/mol. The normalized spacial score (nSPS) is 15.9. The lowest BCUT2D eigenvalue weighted by Gasteiger charge is -2.22. The van der Waals surface area contributed by atoms with Gasteiger partial charge in [0.15, 0.2) is 11.2 Å².